The summed E-state index contributed by atoms with van der Waals surface area (Å²) in [6.07, 6.45) is 1.55. The Kier molecular flexibility index (Phi) is 4.95. The first-order valence-corrected chi connectivity index (χ1v) is 7.87. The lowest BCUT2D eigenvalue weighted by Crippen LogP contribution is -2.35. The third kappa shape index (κ3) is 3.77. The van der Waals surface area contributed by atoms with Gasteiger partial charge in [-0.25, -0.2) is 9.37 Å². The number of rotatable bonds is 5. The Balaban J connectivity index is 1.52. The average Bonchev–Trinajstić information content (AvgIpc) is 3.06. The van der Waals surface area contributed by atoms with Crippen LogP contribution in [0.1, 0.15) is 20.7 Å². The molecule has 0 saturated carbocycles. The maximum Gasteiger partial charge on any atom is 0.255 e. The number of halogens is 2. The van der Waals surface area contributed by atoms with Crippen molar-refractivity contribution in [1.29, 1.82) is 0 Å². The fourth-order valence-electron chi connectivity index (χ4n) is 2.33. The summed E-state index contributed by atoms with van der Waals surface area (Å²) in [7, 11) is 0. The highest BCUT2D eigenvalue weighted by molar-refractivity contribution is 6.33. The Morgan fingerprint density at radius 3 is 2.64 bits per heavy atom. The fraction of sp³-hybridized carbons (Fsp3) is 0.118. The van der Waals surface area contributed by atoms with Crippen molar-refractivity contribution in [3.63, 3.8) is 0 Å². The molecule has 0 aliphatic carbocycles. The molecule has 1 heterocycles. The lowest BCUT2D eigenvalue weighted by Gasteiger charge is -2.09. The molecule has 3 aromatic rings. The van der Waals surface area contributed by atoms with Gasteiger partial charge in [0, 0.05) is 18.7 Å². The number of carbonyl (C=O) groups is 2. The average molecular weight is 361 g/mol. The number of nitrogens with one attached hydrogen (secondary N) is 3. The Bertz CT molecular complexity index is 921. The van der Waals surface area contributed by atoms with E-state index < -0.39 is 11.7 Å². The lowest BCUT2D eigenvalue weighted by molar-refractivity contribution is 0.0925. The van der Waals surface area contributed by atoms with Gasteiger partial charge in [0.15, 0.2) is 0 Å². The highest BCUT2D eigenvalue weighted by Crippen LogP contribution is 2.18. The van der Waals surface area contributed by atoms with Crippen molar-refractivity contribution in [3.8, 4) is 0 Å². The molecule has 0 aliphatic heterocycles. The molecule has 0 radical (unpaired) electrons. The zero-order chi connectivity index (χ0) is 17.8. The molecule has 0 fully saturated rings. The minimum absolute atomic E-state index is 0.0365. The number of carbonyl (C=O) groups excluding carboxylic acids is 2. The highest BCUT2D eigenvalue weighted by atomic mass is 35.5. The third-order valence-electron chi connectivity index (χ3n) is 3.57. The first-order valence-electron chi connectivity index (χ1n) is 7.50. The Morgan fingerprint density at radius 2 is 1.88 bits per heavy atom. The molecule has 3 N–H and O–H groups in total. The molecule has 0 bridgehead atoms. The van der Waals surface area contributed by atoms with E-state index in [-0.39, 0.29) is 29.6 Å². The maximum absolute atomic E-state index is 13.6. The molecule has 3 rings (SSSR count). The van der Waals surface area contributed by atoms with Crippen LogP contribution < -0.4 is 10.6 Å². The van der Waals surface area contributed by atoms with Crippen molar-refractivity contribution in [1.82, 2.24) is 20.6 Å². The number of fused-ring (bicyclic) bond motifs is 1. The van der Waals surface area contributed by atoms with E-state index in [0.29, 0.717) is 5.56 Å². The van der Waals surface area contributed by atoms with Crippen LogP contribution >= 0.6 is 11.6 Å². The third-order valence-corrected chi connectivity index (χ3v) is 3.88. The number of imidazole rings is 1. The van der Waals surface area contributed by atoms with Gasteiger partial charge in [0.25, 0.3) is 11.8 Å². The number of benzene rings is 2. The van der Waals surface area contributed by atoms with E-state index in [1.165, 1.54) is 12.1 Å². The molecule has 0 saturated heterocycles. The minimum Gasteiger partial charge on any atom is -0.350 e. The van der Waals surface area contributed by atoms with Gasteiger partial charge in [-0.15, -0.1) is 0 Å². The van der Waals surface area contributed by atoms with Crippen LogP contribution in [0.15, 0.2) is 42.7 Å². The van der Waals surface area contributed by atoms with Gasteiger partial charge in [-0.05, 0) is 30.3 Å². The summed E-state index contributed by atoms with van der Waals surface area (Å²) in [4.78, 5) is 31.1. The molecular weight excluding hydrogens is 347 g/mol. The van der Waals surface area contributed by atoms with Crippen LogP contribution in [0, 0.1) is 5.82 Å². The van der Waals surface area contributed by atoms with Gasteiger partial charge in [0.1, 0.15) is 5.82 Å². The van der Waals surface area contributed by atoms with Gasteiger partial charge in [-0.2, -0.15) is 0 Å². The number of aromatic nitrogens is 2. The van der Waals surface area contributed by atoms with Crippen LogP contribution in [0.4, 0.5) is 4.39 Å². The number of amides is 2. The molecule has 0 atom stereocenters. The first kappa shape index (κ1) is 16.9. The summed E-state index contributed by atoms with van der Waals surface area (Å²) in [5.41, 5.74) is 1.79. The molecule has 2 aromatic carbocycles. The van der Waals surface area contributed by atoms with Crippen molar-refractivity contribution >= 4 is 34.4 Å². The van der Waals surface area contributed by atoms with Crippen LogP contribution in [-0.2, 0) is 0 Å². The van der Waals surface area contributed by atoms with Crippen LogP contribution in [0.3, 0.4) is 0 Å². The topological polar surface area (TPSA) is 86.9 Å². The van der Waals surface area contributed by atoms with E-state index in [1.54, 1.807) is 24.5 Å². The van der Waals surface area contributed by atoms with E-state index >= 15 is 0 Å². The number of H-pyrrole nitrogens is 1. The number of aromatic amines is 1. The zero-order valence-corrected chi connectivity index (χ0v) is 13.7. The molecular formula is C17H14ClFN4O2. The van der Waals surface area contributed by atoms with E-state index in [9.17, 15) is 14.0 Å². The van der Waals surface area contributed by atoms with Crippen LogP contribution in [0.5, 0.6) is 0 Å². The van der Waals surface area contributed by atoms with E-state index in [0.717, 1.165) is 17.1 Å². The van der Waals surface area contributed by atoms with Gasteiger partial charge in [-0.1, -0.05) is 17.7 Å². The molecule has 0 unspecified atom stereocenters. The summed E-state index contributed by atoms with van der Waals surface area (Å²) in [6.45, 7) is 0.333. The summed E-state index contributed by atoms with van der Waals surface area (Å²) in [5, 5.41) is 5.23. The summed E-state index contributed by atoms with van der Waals surface area (Å²) in [6, 6.07) is 9.11. The fourth-order valence-corrected chi connectivity index (χ4v) is 2.58. The second kappa shape index (κ2) is 7.31. The highest BCUT2D eigenvalue weighted by Gasteiger charge is 2.15. The Morgan fingerprint density at radius 1 is 1.12 bits per heavy atom. The Hall–Kier alpha value is -2.93. The standard InChI is InChI=1S/C17H14ClFN4O2/c18-11-2-1-3-12(19)15(11)17(25)21-7-6-20-16(24)10-4-5-13-14(8-10)23-9-22-13/h1-5,8-9H,6-7H2,(H,20,24)(H,21,25)(H,22,23). The van der Waals surface area contributed by atoms with Crippen molar-refractivity contribution in [2.45, 2.75) is 0 Å². The number of hydrogen-bond acceptors (Lipinski definition) is 3. The quantitative estimate of drug-likeness (QED) is 0.611. The van der Waals surface area contributed by atoms with Crippen molar-refractivity contribution in [3.05, 3.63) is 64.7 Å². The van der Waals surface area contributed by atoms with Crippen molar-refractivity contribution in [2.75, 3.05) is 13.1 Å². The first-order chi connectivity index (χ1) is 12.1. The number of hydrogen-bond donors (Lipinski definition) is 3. The van der Waals surface area contributed by atoms with E-state index in [4.69, 9.17) is 11.6 Å². The van der Waals surface area contributed by atoms with E-state index in [1.807, 2.05) is 0 Å². The number of nitrogens with zero attached hydrogens (tertiary/aromatic N) is 1. The van der Waals surface area contributed by atoms with Gasteiger partial charge in [0.05, 0.1) is 27.9 Å². The maximum atomic E-state index is 13.6. The molecule has 25 heavy (non-hydrogen) atoms. The molecule has 2 amide bonds. The lowest BCUT2D eigenvalue weighted by atomic mass is 10.2. The van der Waals surface area contributed by atoms with Crippen molar-refractivity contribution < 1.29 is 14.0 Å². The van der Waals surface area contributed by atoms with E-state index in [2.05, 4.69) is 20.6 Å². The van der Waals surface area contributed by atoms with Gasteiger partial charge < -0.3 is 15.6 Å². The second-order valence-corrected chi connectivity index (χ2v) is 5.65. The monoisotopic (exact) mass is 360 g/mol. The molecule has 6 nitrogen and oxygen atoms in total. The molecule has 0 spiro atoms. The van der Waals surface area contributed by atoms with Gasteiger partial charge >= 0.3 is 0 Å². The second-order valence-electron chi connectivity index (χ2n) is 5.24. The molecule has 128 valence electrons. The molecule has 8 heteroatoms. The summed E-state index contributed by atoms with van der Waals surface area (Å²) < 4.78 is 13.6. The Labute approximate surface area is 147 Å². The normalized spacial score (nSPS) is 10.6. The molecule has 1 aromatic heterocycles. The van der Waals surface area contributed by atoms with Gasteiger partial charge in [0.2, 0.25) is 0 Å². The SMILES string of the molecule is O=C(NCCNC(=O)c1c(F)cccc1Cl)c1ccc2nc[nH]c2c1. The smallest absolute Gasteiger partial charge is 0.255 e. The van der Waals surface area contributed by atoms with Gasteiger partial charge in [-0.3, -0.25) is 9.59 Å². The zero-order valence-electron chi connectivity index (χ0n) is 13.0. The summed E-state index contributed by atoms with van der Waals surface area (Å²) in [5.74, 6) is -1.60. The minimum atomic E-state index is -0.693. The van der Waals surface area contributed by atoms with Crippen LogP contribution in [0.2, 0.25) is 5.02 Å². The summed E-state index contributed by atoms with van der Waals surface area (Å²) >= 11 is 5.83. The molecule has 0 aliphatic rings. The largest absolute Gasteiger partial charge is 0.350 e. The predicted molar refractivity (Wildman–Crippen MR) is 92.2 cm³/mol. The predicted octanol–water partition coefficient (Wildman–Crippen LogP) is 2.52. The van der Waals surface area contributed by atoms with Crippen LogP contribution in [0.25, 0.3) is 11.0 Å². The van der Waals surface area contributed by atoms with Crippen molar-refractivity contribution in [2.24, 2.45) is 0 Å². The van der Waals surface area contributed by atoms with Crippen LogP contribution in [-0.4, -0.2) is 34.9 Å².